The summed E-state index contributed by atoms with van der Waals surface area (Å²) in [6.07, 6.45) is 1.17. The van der Waals surface area contributed by atoms with Crippen molar-refractivity contribution in [3.63, 3.8) is 0 Å². The Morgan fingerprint density at radius 2 is 1.48 bits per heavy atom. The lowest BCUT2D eigenvalue weighted by Crippen LogP contribution is -2.47. The fourth-order valence-corrected chi connectivity index (χ4v) is 3.26. The first kappa shape index (κ1) is 19.3. The number of carbonyl (C=O) groups is 1. The summed E-state index contributed by atoms with van der Waals surface area (Å²) >= 11 is 0. The highest BCUT2D eigenvalue weighted by atomic mass is 19.1. The van der Waals surface area contributed by atoms with E-state index in [2.05, 4.69) is 15.1 Å². The maximum absolute atomic E-state index is 13.0. The average molecular weight is 373 g/mol. The van der Waals surface area contributed by atoms with Crippen LogP contribution in [0.2, 0.25) is 0 Å². The summed E-state index contributed by atoms with van der Waals surface area (Å²) in [7, 11) is 0. The number of nitrogens with one attached hydrogen (secondary N) is 1. The third kappa shape index (κ3) is 6.03. The standard InChI is InChI=1S/C21H25F2N3O/c22-18-4-2-17(3-5-18)16-21(27)24-10-1-11-25-12-14-26(15-13-25)20-8-6-19(23)7-9-20/h2-9H,1,10-16H2,(H,24,27). The van der Waals surface area contributed by atoms with Crippen LogP contribution < -0.4 is 10.2 Å². The molecular formula is C21H25F2N3O. The molecule has 1 N–H and O–H groups in total. The summed E-state index contributed by atoms with van der Waals surface area (Å²) in [6.45, 7) is 5.33. The first-order valence-corrected chi connectivity index (χ1v) is 9.34. The molecule has 2 aromatic carbocycles. The van der Waals surface area contributed by atoms with Gasteiger partial charge < -0.3 is 10.2 Å². The number of nitrogens with zero attached hydrogens (tertiary/aromatic N) is 2. The van der Waals surface area contributed by atoms with E-state index in [9.17, 15) is 13.6 Å². The van der Waals surface area contributed by atoms with Crippen molar-refractivity contribution in [2.24, 2.45) is 0 Å². The van der Waals surface area contributed by atoms with E-state index in [-0.39, 0.29) is 24.0 Å². The lowest BCUT2D eigenvalue weighted by molar-refractivity contribution is -0.120. The second-order valence-electron chi connectivity index (χ2n) is 6.81. The summed E-state index contributed by atoms with van der Waals surface area (Å²) in [5, 5.41) is 2.92. The van der Waals surface area contributed by atoms with Gasteiger partial charge in [-0.05, 0) is 54.9 Å². The van der Waals surface area contributed by atoms with Gasteiger partial charge in [0.1, 0.15) is 11.6 Å². The van der Waals surface area contributed by atoms with Crippen LogP contribution in [0, 0.1) is 11.6 Å². The quantitative estimate of drug-likeness (QED) is 0.758. The number of anilines is 1. The molecule has 0 aliphatic carbocycles. The lowest BCUT2D eigenvalue weighted by Gasteiger charge is -2.36. The van der Waals surface area contributed by atoms with Crippen molar-refractivity contribution in [3.05, 3.63) is 65.7 Å². The molecule has 0 aromatic heterocycles. The first-order chi connectivity index (χ1) is 13.1. The van der Waals surface area contributed by atoms with Crippen molar-refractivity contribution < 1.29 is 13.6 Å². The van der Waals surface area contributed by atoms with Crippen LogP contribution in [-0.2, 0) is 11.2 Å². The zero-order valence-corrected chi connectivity index (χ0v) is 15.3. The third-order valence-electron chi connectivity index (χ3n) is 4.82. The molecule has 2 aromatic rings. The number of hydrogen-bond donors (Lipinski definition) is 1. The number of carbonyl (C=O) groups excluding carboxylic acids is 1. The molecule has 1 aliphatic heterocycles. The highest BCUT2D eigenvalue weighted by molar-refractivity contribution is 5.78. The minimum atomic E-state index is -0.293. The van der Waals surface area contributed by atoms with Gasteiger partial charge >= 0.3 is 0 Å². The number of hydrogen-bond acceptors (Lipinski definition) is 3. The summed E-state index contributed by atoms with van der Waals surface area (Å²) in [5.41, 5.74) is 1.87. The molecular weight excluding hydrogens is 348 g/mol. The van der Waals surface area contributed by atoms with Gasteiger partial charge in [-0.2, -0.15) is 0 Å². The topological polar surface area (TPSA) is 35.6 Å². The van der Waals surface area contributed by atoms with Crippen molar-refractivity contribution in [2.75, 3.05) is 44.2 Å². The molecule has 0 spiro atoms. The molecule has 1 saturated heterocycles. The average Bonchev–Trinajstić information content (AvgIpc) is 2.68. The Morgan fingerprint density at radius 3 is 2.11 bits per heavy atom. The molecule has 0 saturated carbocycles. The Kier molecular flexibility index (Phi) is 6.76. The molecule has 0 unspecified atom stereocenters. The Balaban J connectivity index is 1.30. The molecule has 0 radical (unpaired) electrons. The number of piperazine rings is 1. The second kappa shape index (κ2) is 9.46. The van der Waals surface area contributed by atoms with Crippen molar-refractivity contribution in [3.8, 4) is 0 Å². The second-order valence-corrected chi connectivity index (χ2v) is 6.81. The van der Waals surface area contributed by atoms with E-state index in [1.54, 1.807) is 12.1 Å². The molecule has 1 amide bonds. The van der Waals surface area contributed by atoms with E-state index in [1.807, 2.05) is 12.1 Å². The van der Waals surface area contributed by atoms with E-state index in [4.69, 9.17) is 0 Å². The van der Waals surface area contributed by atoms with Gasteiger partial charge in [-0.25, -0.2) is 8.78 Å². The van der Waals surface area contributed by atoms with Crippen molar-refractivity contribution in [1.82, 2.24) is 10.2 Å². The van der Waals surface area contributed by atoms with Gasteiger partial charge in [0, 0.05) is 38.4 Å². The summed E-state index contributed by atoms with van der Waals surface area (Å²) in [4.78, 5) is 16.6. The summed E-state index contributed by atoms with van der Waals surface area (Å²) < 4.78 is 25.9. The highest BCUT2D eigenvalue weighted by Gasteiger charge is 2.16. The van der Waals surface area contributed by atoms with E-state index in [0.29, 0.717) is 6.54 Å². The fraction of sp³-hybridized carbons (Fsp3) is 0.381. The predicted octanol–water partition coefficient (Wildman–Crippen LogP) is 2.84. The van der Waals surface area contributed by atoms with E-state index < -0.39 is 0 Å². The van der Waals surface area contributed by atoms with Crippen molar-refractivity contribution >= 4 is 11.6 Å². The van der Waals surface area contributed by atoms with Crippen LogP contribution in [-0.4, -0.2) is 50.1 Å². The van der Waals surface area contributed by atoms with Gasteiger partial charge in [-0.3, -0.25) is 9.69 Å². The first-order valence-electron chi connectivity index (χ1n) is 9.34. The molecule has 1 heterocycles. The molecule has 1 aliphatic rings. The molecule has 144 valence electrons. The van der Waals surface area contributed by atoms with E-state index in [1.165, 1.54) is 24.3 Å². The Labute approximate surface area is 158 Å². The fourth-order valence-electron chi connectivity index (χ4n) is 3.26. The molecule has 0 bridgehead atoms. The Bertz CT molecular complexity index is 726. The van der Waals surface area contributed by atoms with Gasteiger partial charge in [0.25, 0.3) is 0 Å². The number of rotatable bonds is 7. The summed E-state index contributed by atoms with van der Waals surface area (Å²) in [6, 6.07) is 12.6. The van der Waals surface area contributed by atoms with Crippen LogP contribution >= 0.6 is 0 Å². The van der Waals surface area contributed by atoms with Crippen molar-refractivity contribution in [1.29, 1.82) is 0 Å². The smallest absolute Gasteiger partial charge is 0.224 e. The largest absolute Gasteiger partial charge is 0.369 e. The molecule has 1 fully saturated rings. The maximum Gasteiger partial charge on any atom is 0.224 e. The van der Waals surface area contributed by atoms with Gasteiger partial charge in [0.15, 0.2) is 0 Å². The third-order valence-corrected chi connectivity index (χ3v) is 4.82. The normalized spacial score (nSPS) is 15.0. The van der Waals surface area contributed by atoms with Gasteiger partial charge in [0.2, 0.25) is 5.91 Å². The van der Waals surface area contributed by atoms with E-state index >= 15 is 0 Å². The van der Waals surface area contributed by atoms with Crippen LogP contribution in [0.25, 0.3) is 0 Å². The zero-order valence-electron chi connectivity index (χ0n) is 15.3. The zero-order chi connectivity index (χ0) is 19.1. The Hall–Kier alpha value is -2.47. The number of halogens is 2. The van der Waals surface area contributed by atoms with Gasteiger partial charge in [0.05, 0.1) is 6.42 Å². The summed E-state index contributed by atoms with van der Waals surface area (Å²) in [5.74, 6) is -0.541. The van der Waals surface area contributed by atoms with Crippen LogP contribution in [0.15, 0.2) is 48.5 Å². The highest BCUT2D eigenvalue weighted by Crippen LogP contribution is 2.16. The lowest BCUT2D eigenvalue weighted by atomic mass is 10.1. The molecule has 6 heteroatoms. The predicted molar refractivity (Wildman–Crippen MR) is 103 cm³/mol. The van der Waals surface area contributed by atoms with Crippen LogP contribution in [0.4, 0.5) is 14.5 Å². The van der Waals surface area contributed by atoms with Crippen LogP contribution in [0.5, 0.6) is 0 Å². The minimum absolute atomic E-state index is 0.0391. The van der Waals surface area contributed by atoms with Crippen molar-refractivity contribution in [2.45, 2.75) is 12.8 Å². The van der Waals surface area contributed by atoms with E-state index in [0.717, 1.165) is 50.4 Å². The minimum Gasteiger partial charge on any atom is -0.369 e. The maximum atomic E-state index is 13.0. The van der Waals surface area contributed by atoms with Crippen LogP contribution in [0.1, 0.15) is 12.0 Å². The molecule has 0 atom stereocenters. The molecule has 27 heavy (non-hydrogen) atoms. The molecule has 4 nitrogen and oxygen atoms in total. The number of amides is 1. The van der Waals surface area contributed by atoms with Gasteiger partial charge in [-0.1, -0.05) is 12.1 Å². The number of benzene rings is 2. The molecule has 3 rings (SSSR count). The van der Waals surface area contributed by atoms with Crippen LogP contribution in [0.3, 0.4) is 0 Å². The monoisotopic (exact) mass is 373 g/mol. The Morgan fingerprint density at radius 1 is 0.889 bits per heavy atom. The SMILES string of the molecule is O=C(Cc1ccc(F)cc1)NCCCN1CCN(c2ccc(F)cc2)CC1. The van der Waals surface area contributed by atoms with Gasteiger partial charge in [-0.15, -0.1) is 0 Å².